The van der Waals surface area contributed by atoms with Crippen LogP contribution in [0.5, 0.6) is 0 Å². The van der Waals surface area contributed by atoms with Crippen molar-refractivity contribution in [2.24, 2.45) is 7.05 Å². The molecule has 1 aromatic rings. The van der Waals surface area contributed by atoms with E-state index in [1.165, 1.54) is 0 Å². The van der Waals surface area contributed by atoms with E-state index in [-0.39, 0.29) is 11.5 Å². The number of allylic oxidation sites excluding steroid dienone is 6. The van der Waals surface area contributed by atoms with Gasteiger partial charge in [0.1, 0.15) is 5.82 Å². The number of hydrogen-bond donors (Lipinski definition) is 0. The monoisotopic (exact) mass is 288 g/mol. The van der Waals surface area contributed by atoms with Crippen LogP contribution in [-0.4, -0.2) is 15.7 Å². The number of imidazole rings is 1. The molecule has 0 fully saturated rings. The van der Waals surface area contributed by atoms with Crippen LogP contribution >= 0.6 is 11.6 Å². The summed E-state index contributed by atoms with van der Waals surface area (Å²) in [5, 5.41) is 0.0628. The minimum absolute atomic E-state index is 0.0628. The molecular formula is C13H12ClF3N2. The fourth-order valence-corrected chi connectivity index (χ4v) is 2.30. The first-order valence-corrected chi connectivity index (χ1v) is 6.01. The summed E-state index contributed by atoms with van der Waals surface area (Å²) in [7, 11) is 1.77. The average molecular weight is 289 g/mol. The molecule has 0 radical (unpaired) electrons. The molecule has 1 aromatic heterocycles. The van der Waals surface area contributed by atoms with E-state index < -0.39 is 11.7 Å². The van der Waals surface area contributed by atoms with Crippen LogP contribution < -0.4 is 0 Å². The number of hydrogen-bond acceptors (Lipinski definition) is 1. The van der Waals surface area contributed by atoms with Gasteiger partial charge in [-0.05, 0) is 19.4 Å². The lowest BCUT2D eigenvalue weighted by atomic mass is 10.1. The normalized spacial score (nSPS) is 17.2. The van der Waals surface area contributed by atoms with E-state index in [0.29, 0.717) is 11.4 Å². The van der Waals surface area contributed by atoms with Crippen LogP contribution in [0.4, 0.5) is 13.2 Å². The Morgan fingerprint density at radius 2 is 2.05 bits per heavy atom. The maximum absolute atomic E-state index is 12.8. The molecule has 1 heterocycles. The van der Waals surface area contributed by atoms with Gasteiger partial charge in [-0.25, -0.2) is 4.98 Å². The molecule has 0 amide bonds. The van der Waals surface area contributed by atoms with Crippen molar-refractivity contribution in [2.45, 2.75) is 19.5 Å². The first-order chi connectivity index (χ1) is 8.80. The van der Waals surface area contributed by atoms with E-state index >= 15 is 0 Å². The molecule has 0 aliphatic heterocycles. The molecule has 6 heteroatoms. The van der Waals surface area contributed by atoms with Crippen LogP contribution in [0.25, 0.3) is 5.57 Å². The molecule has 0 bridgehead atoms. The van der Waals surface area contributed by atoms with E-state index in [4.69, 9.17) is 11.6 Å². The fraction of sp³-hybridized carbons (Fsp3) is 0.308. The van der Waals surface area contributed by atoms with Crippen LogP contribution in [0.15, 0.2) is 40.7 Å². The van der Waals surface area contributed by atoms with Gasteiger partial charge in [0, 0.05) is 25.0 Å². The molecule has 0 spiro atoms. The Hall–Kier alpha value is -1.49. The highest BCUT2D eigenvalue weighted by Crippen LogP contribution is 2.37. The van der Waals surface area contributed by atoms with E-state index in [0.717, 1.165) is 17.7 Å². The van der Waals surface area contributed by atoms with Crippen molar-refractivity contribution < 1.29 is 13.2 Å². The third-order valence-electron chi connectivity index (χ3n) is 2.95. The zero-order valence-electron chi connectivity index (χ0n) is 10.4. The lowest BCUT2D eigenvalue weighted by Crippen LogP contribution is -2.09. The number of halogens is 4. The lowest BCUT2D eigenvalue weighted by molar-refractivity contribution is -0.0883. The largest absolute Gasteiger partial charge is 0.416 e. The minimum Gasteiger partial charge on any atom is -0.334 e. The first-order valence-electron chi connectivity index (χ1n) is 5.63. The Kier molecular flexibility index (Phi) is 3.58. The predicted octanol–water partition coefficient (Wildman–Crippen LogP) is 4.21. The SMILES string of the molecule is CC1=C(c2nccn2C)C(Cl)=CC(C(F)(F)F)=CC1. The number of aryl methyl sites for hydroxylation is 1. The molecule has 0 atom stereocenters. The summed E-state index contributed by atoms with van der Waals surface area (Å²) >= 11 is 6.06. The standard InChI is InChI=1S/C13H12ClF3N2/c1-8-3-4-9(13(15,16)17)7-10(14)11(8)12-18-5-6-19(12)2/h4-7H,3H2,1-2H3. The van der Waals surface area contributed by atoms with Crippen LogP contribution in [0.1, 0.15) is 19.2 Å². The van der Waals surface area contributed by atoms with Gasteiger partial charge >= 0.3 is 6.18 Å². The highest BCUT2D eigenvalue weighted by atomic mass is 35.5. The Morgan fingerprint density at radius 1 is 1.37 bits per heavy atom. The van der Waals surface area contributed by atoms with Crippen LogP contribution in [-0.2, 0) is 7.05 Å². The van der Waals surface area contributed by atoms with E-state index in [9.17, 15) is 13.2 Å². The summed E-state index contributed by atoms with van der Waals surface area (Å²) in [6, 6.07) is 0. The zero-order valence-corrected chi connectivity index (χ0v) is 11.2. The van der Waals surface area contributed by atoms with Gasteiger partial charge in [-0.1, -0.05) is 23.3 Å². The predicted molar refractivity (Wildman–Crippen MR) is 68.5 cm³/mol. The van der Waals surface area contributed by atoms with Crippen molar-refractivity contribution in [1.29, 1.82) is 0 Å². The van der Waals surface area contributed by atoms with Crippen molar-refractivity contribution in [3.05, 3.63) is 46.5 Å². The highest BCUT2D eigenvalue weighted by Gasteiger charge is 2.33. The highest BCUT2D eigenvalue weighted by molar-refractivity contribution is 6.37. The summed E-state index contributed by atoms with van der Waals surface area (Å²) in [5.74, 6) is 0.565. The van der Waals surface area contributed by atoms with Crippen LogP contribution in [0.2, 0.25) is 0 Å². The van der Waals surface area contributed by atoms with Gasteiger partial charge in [0.05, 0.1) is 10.6 Å². The third kappa shape index (κ3) is 2.76. The molecule has 0 saturated carbocycles. The number of rotatable bonds is 1. The topological polar surface area (TPSA) is 17.8 Å². The van der Waals surface area contributed by atoms with Crippen molar-refractivity contribution >= 4 is 17.2 Å². The second kappa shape index (κ2) is 4.89. The van der Waals surface area contributed by atoms with Gasteiger partial charge in [0.2, 0.25) is 0 Å². The third-order valence-corrected chi connectivity index (χ3v) is 3.25. The van der Waals surface area contributed by atoms with E-state index in [2.05, 4.69) is 4.98 Å². The molecule has 2 rings (SSSR count). The summed E-state index contributed by atoms with van der Waals surface area (Å²) < 4.78 is 40.0. The Morgan fingerprint density at radius 3 is 2.58 bits per heavy atom. The second-order valence-electron chi connectivity index (χ2n) is 4.37. The Labute approximate surface area is 113 Å². The first kappa shape index (κ1) is 13.9. The summed E-state index contributed by atoms with van der Waals surface area (Å²) in [6.07, 6.45) is 1.22. The summed E-state index contributed by atoms with van der Waals surface area (Å²) in [6.45, 7) is 1.76. The molecule has 0 N–H and O–H groups in total. The summed E-state index contributed by atoms with van der Waals surface area (Å²) in [4.78, 5) is 4.14. The number of aromatic nitrogens is 2. The van der Waals surface area contributed by atoms with Crippen molar-refractivity contribution in [2.75, 3.05) is 0 Å². The Balaban J connectivity index is 2.51. The number of alkyl halides is 3. The van der Waals surface area contributed by atoms with Gasteiger partial charge in [0.15, 0.2) is 0 Å². The summed E-state index contributed by atoms with van der Waals surface area (Å²) in [5.41, 5.74) is 0.598. The van der Waals surface area contributed by atoms with Gasteiger partial charge in [-0.15, -0.1) is 0 Å². The zero-order chi connectivity index (χ0) is 14.2. The second-order valence-corrected chi connectivity index (χ2v) is 4.78. The molecule has 2 nitrogen and oxygen atoms in total. The molecule has 19 heavy (non-hydrogen) atoms. The molecule has 1 aliphatic carbocycles. The average Bonchev–Trinajstić information content (AvgIpc) is 2.63. The molecule has 0 saturated heterocycles. The van der Waals surface area contributed by atoms with Crippen molar-refractivity contribution in [1.82, 2.24) is 9.55 Å². The molecule has 1 aliphatic rings. The van der Waals surface area contributed by atoms with Gasteiger partial charge in [0.25, 0.3) is 0 Å². The fourth-order valence-electron chi connectivity index (χ4n) is 1.94. The molecule has 0 aromatic carbocycles. The van der Waals surface area contributed by atoms with Gasteiger partial charge < -0.3 is 4.57 Å². The Bertz CT molecular complexity index is 591. The maximum Gasteiger partial charge on any atom is 0.416 e. The molecule has 102 valence electrons. The number of nitrogens with zero attached hydrogens (tertiary/aromatic N) is 2. The van der Waals surface area contributed by atoms with E-state index in [1.807, 2.05) is 0 Å². The molecule has 0 unspecified atom stereocenters. The lowest BCUT2D eigenvalue weighted by Gasteiger charge is -2.09. The minimum atomic E-state index is -4.39. The quantitative estimate of drug-likeness (QED) is 0.757. The van der Waals surface area contributed by atoms with E-state index in [1.54, 1.807) is 30.9 Å². The van der Waals surface area contributed by atoms with Crippen molar-refractivity contribution in [3.63, 3.8) is 0 Å². The van der Waals surface area contributed by atoms with Crippen LogP contribution in [0.3, 0.4) is 0 Å². The molecular weight excluding hydrogens is 277 g/mol. The van der Waals surface area contributed by atoms with Crippen LogP contribution in [0, 0.1) is 0 Å². The van der Waals surface area contributed by atoms with Gasteiger partial charge in [-0.2, -0.15) is 13.2 Å². The maximum atomic E-state index is 12.8. The van der Waals surface area contributed by atoms with Gasteiger partial charge in [-0.3, -0.25) is 0 Å². The smallest absolute Gasteiger partial charge is 0.334 e. The van der Waals surface area contributed by atoms with Crippen molar-refractivity contribution in [3.8, 4) is 0 Å².